The van der Waals surface area contributed by atoms with Crippen molar-refractivity contribution in [1.82, 2.24) is 14.7 Å². The molecule has 0 bridgehead atoms. The molecule has 3 aromatic rings. The molecule has 5 rings (SSSR count). The van der Waals surface area contributed by atoms with Crippen LogP contribution >= 0.6 is 22.9 Å². The van der Waals surface area contributed by atoms with Crippen LogP contribution in [0.15, 0.2) is 60.0 Å². The summed E-state index contributed by atoms with van der Waals surface area (Å²) in [5.41, 5.74) is 2.78. The van der Waals surface area contributed by atoms with Crippen molar-refractivity contribution in [3.05, 3.63) is 86.8 Å². The molecular weight excluding hydrogens is 499 g/mol. The van der Waals surface area contributed by atoms with Gasteiger partial charge < -0.3 is 15.1 Å². The third kappa shape index (κ3) is 5.56. The second kappa shape index (κ2) is 11.0. The fraction of sp³-hybridized carbons (Fsp3) is 0.333. The first kappa shape index (κ1) is 24.7. The zero-order valence-corrected chi connectivity index (χ0v) is 21.4. The maximum absolute atomic E-state index is 14.0. The predicted molar refractivity (Wildman–Crippen MR) is 141 cm³/mol. The summed E-state index contributed by atoms with van der Waals surface area (Å²) < 4.78 is 14.0. The molecule has 36 heavy (non-hydrogen) atoms. The first-order chi connectivity index (χ1) is 17.5. The number of benzene rings is 2. The Labute approximate surface area is 219 Å². The molecular formula is C27H28ClFN4O2S. The summed E-state index contributed by atoms with van der Waals surface area (Å²) in [4.78, 5) is 32.8. The van der Waals surface area contributed by atoms with Gasteiger partial charge in [0.1, 0.15) is 5.82 Å². The second-order valence-electron chi connectivity index (χ2n) is 9.10. The third-order valence-corrected chi connectivity index (χ3v) is 8.07. The topological polar surface area (TPSA) is 55.9 Å². The quantitative estimate of drug-likeness (QED) is 0.494. The number of anilines is 1. The smallest absolute Gasteiger partial charge is 0.321 e. The van der Waals surface area contributed by atoms with Crippen LogP contribution in [-0.2, 0) is 11.2 Å². The molecule has 9 heteroatoms. The van der Waals surface area contributed by atoms with E-state index in [9.17, 15) is 14.0 Å². The summed E-state index contributed by atoms with van der Waals surface area (Å²) in [5.74, 6) is -0.165. The Balaban J connectivity index is 1.16. The largest absolute Gasteiger partial charge is 0.339 e. The summed E-state index contributed by atoms with van der Waals surface area (Å²) in [6, 6.07) is 15.7. The zero-order valence-electron chi connectivity index (χ0n) is 19.8. The Hall–Kier alpha value is -2.94. The minimum Gasteiger partial charge on any atom is -0.339 e. The molecule has 3 amide bonds. The standard InChI is InChI=1S/C27H28ClFN4O2S/c28-20-4-2-6-22(18-20)30-27(35)33-14-12-31(13-15-33)25(34)8-11-32-10-7-24-23(9-16-36-24)26(32)19-3-1-5-21(29)17-19/h1-6,9,16-18,26H,7-8,10-15H2,(H,30,35)/t26-/m0/s1. The highest BCUT2D eigenvalue weighted by Gasteiger charge is 2.31. The van der Waals surface area contributed by atoms with Gasteiger partial charge in [-0.3, -0.25) is 9.69 Å². The van der Waals surface area contributed by atoms with E-state index in [0.717, 1.165) is 18.5 Å². The van der Waals surface area contributed by atoms with Gasteiger partial charge in [-0.15, -0.1) is 11.3 Å². The second-order valence-corrected chi connectivity index (χ2v) is 10.5. The molecule has 2 aliphatic rings. The number of hydrogen-bond acceptors (Lipinski definition) is 4. The minimum absolute atomic E-state index is 0.0458. The van der Waals surface area contributed by atoms with Crippen molar-refractivity contribution in [3.63, 3.8) is 0 Å². The summed E-state index contributed by atoms with van der Waals surface area (Å²) >= 11 is 7.74. The number of amides is 3. The van der Waals surface area contributed by atoms with Crippen molar-refractivity contribution < 1.29 is 14.0 Å². The molecule has 0 spiro atoms. The molecule has 1 aromatic heterocycles. The molecule has 0 aliphatic carbocycles. The molecule has 0 saturated carbocycles. The molecule has 0 unspecified atom stereocenters. The van der Waals surface area contributed by atoms with Crippen LogP contribution in [0.4, 0.5) is 14.9 Å². The lowest BCUT2D eigenvalue weighted by atomic mass is 9.93. The van der Waals surface area contributed by atoms with Gasteiger partial charge in [-0.25, -0.2) is 9.18 Å². The maximum atomic E-state index is 14.0. The van der Waals surface area contributed by atoms with Crippen LogP contribution in [0.5, 0.6) is 0 Å². The Kier molecular flexibility index (Phi) is 7.55. The molecule has 1 atom stereocenters. The Bertz CT molecular complexity index is 1240. The highest BCUT2D eigenvalue weighted by Crippen LogP contribution is 2.38. The van der Waals surface area contributed by atoms with E-state index in [2.05, 4.69) is 21.7 Å². The normalized spacial score (nSPS) is 18.1. The predicted octanol–water partition coefficient (Wildman–Crippen LogP) is 5.25. The summed E-state index contributed by atoms with van der Waals surface area (Å²) in [7, 11) is 0. The van der Waals surface area contributed by atoms with Gasteiger partial charge in [0.05, 0.1) is 6.04 Å². The molecule has 2 aromatic carbocycles. The number of thiophene rings is 1. The number of halogens is 2. The van der Waals surface area contributed by atoms with Crippen LogP contribution in [0, 0.1) is 5.82 Å². The number of urea groups is 1. The van der Waals surface area contributed by atoms with Gasteiger partial charge in [-0.2, -0.15) is 0 Å². The molecule has 1 fully saturated rings. The van der Waals surface area contributed by atoms with E-state index in [0.29, 0.717) is 49.9 Å². The Morgan fingerprint density at radius 2 is 1.78 bits per heavy atom. The molecule has 6 nitrogen and oxygen atoms in total. The van der Waals surface area contributed by atoms with Crippen LogP contribution in [0.1, 0.15) is 28.5 Å². The van der Waals surface area contributed by atoms with Crippen molar-refractivity contribution in [2.75, 3.05) is 44.6 Å². The van der Waals surface area contributed by atoms with E-state index in [-0.39, 0.29) is 23.8 Å². The Morgan fingerprint density at radius 1 is 1.00 bits per heavy atom. The molecule has 1 N–H and O–H groups in total. The number of nitrogens with one attached hydrogen (secondary N) is 1. The molecule has 1 saturated heterocycles. The number of nitrogens with zero attached hydrogens (tertiary/aromatic N) is 3. The minimum atomic E-state index is -0.247. The number of fused-ring (bicyclic) bond motifs is 1. The molecule has 3 heterocycles. The summed E-state index contributed by atoms with van der Waals surface area (Å²) in [6.45, 7) is 3.40. The Morgan fingerprint density at radius 3 is 2.56 bits per heavy atom. The van der Waals surface area contributed by atoms with E-state index in [1.54, 1.807) is 52.6 Å². The van der Waals surface area contributed by atoms with Crippen molar-refractivity contribution in [3.8, 4) is 0 Å². The van der Waals surface area contributed by atoms with Crippen molar-refractivity contribution in [1.29, 1.82) is 0 Å². The van der Waals surface area contributed by atoms with Gasteiger partial charge >= 0.3 is 6.03 Å². The van der Waals surface area contributed by atoms with Crippen LogP contribution in [0.3, 0.4) is 0 Å². The first-order valence-corrected chi connectivity index (χ1v) is 13.4. The van der Waals surface area contributed by atoms with Crippen LogP contribution < -0.4 is 5.32 Å². The lowest BCUT2D eigenvalue weighted by Crippen LogP contribution is -2.52. The lowest BCUT2D eigenvalue weighted by molar-refractivity contribution is -0.133. The van der Waals surface area contributed by atoms with Gasteiger partial charge in [0.2, 0.25) is 5.91 Å². The van der Waals surface area contributed by atoms with Crippen molar-refractivity contribution in [2.45, 2.75) is 18.9 Å². The van der Waals surface area contributed by atoms with Crippen molar-refractivity contribution in [2.24, 2.45) is 0 Å². The van der Waals surface area contributed by atoms with E-state index in [1.165, 1.54) is 16.5 Å². The van der Waals surface area contributed by atoms with Gasteiger partial charge in [-0.1, -0.05) is 29.8 Å². The number of piperazine rings is 1. The van der Waals surface area contributed by atoms with Gasteiger partial charge in [0, 0.05) is 61.3 Å². The average molecular weight is 527 g/mol. The number of rotatable bonds is 5. The van der Waals surface area contributed by atoms with E-state index in [4.69, 9.17) is 11.6 Å². The van der Waals surface area contributed by atoms with E-state index >= 15 is 0 Å². The van der Waals surface area contributed by atoms with Crippen LogP contribution in [-0.4, -0.2) is 65.9 Å². The SMILES string of the molecule is O=C(CCN1CCc2sccc2[C@@H]1c1cccc(F)c1)N1CCN(C(=O)Nc2cccc(Cl)c2)CC1. The van der Waals surface area contributed by atoms with Crippen molar-refractivity contribution >= 4 is 40.6 Å². The number of carbonyl (C=O) groups excluding carboxylic acids is 2. The van der Waals surface area contributed by atoms with Gasteiger partial charge in [0.15, 0.2) is 0 Å². The first-order valence-electron chi connectivity index (χ1n) is 12.1. The fourth-order valence-corrected chi connectivity index (χ4v) is 6.10. The third-order valence-electron chi connectivity index (χ3n) is 6.84. The lowest BCUT2D eigenvalue weighted by Gasteiger charge is -2.38. The monoisotopic (exact) mass is 526 g/mol. The fourth-order valence-electron chi connectivity index (χ4n) is 5.00. The van der Waals surface area contributed by atoms with Gasteiger partial charge in [-0.05, 0) is 59.3 Å². The summed E-state index contributed by atoms with van der Waals surface area (Å²) in [6.07, 6.45) is 1.33. The molecule has 188 valence electrons. The number of carbonyl (C=O) groups is 2. The highest BCUT2D eigenvalue weighted by atomic mass is 35.5. The molecule has 2 aliphatic heterocycles. The zero-order chi connectivity index (χ0) is 25.1. The maximum Gasteiger partial charge on any atom is 0.321 e. The van der Waals surface area contributed by atoms with Gasteiger partial charge in [0.25, 0.3) is 0 Å². The van der Waals surface area contributed by atoms with E-state index < -0.39 is 0 Å². The molecule has 0 radical (unpaired) electrons. The van der Waals surface area contributed by atoms with Crippen LogP contribution in [0.2, 0.25) is 5.02 Å². The summed E-state index contributed by atoms with van der Waals surface area (Å²) in [5, 5.41) is 5.51. The highest BCUT2D eigenvalue weighted by molar-refractivity contribution is 7.10. The average Bonchev–Trinajstić information content (AvgIpc) is 3.36. The van der Waals surface area contributed by atoms with Crippen LogP contribution in [0.25, 0.3) is 0 Å². The number of hydrogen-bond donors (Lipinski definition) is 1. The van der Waals surface area contributed by atoms with E-state index in [1.807, 2.05) is 11.0 Å².